The zero-order valence-electron chi connectivity index (χ0n) is 16.4. The van der Waals surface area contributed by atoms with Crippen LogP contribution in [0.1, 0.15) is 11.4 Å². The van der Waals surface area contributed by atoms with Crippen molar-refractivity contribution < 1.29 is 14.3 Å². The van der Waals surface area contributed by atoms with Gasteiger partial charge >= 0.3 is 0 Å². The third kappa shape index (κ3) is 7.48. The van der Waals surface area contributed by atoms with Crippen LogP contribution in [0, 0.1) is 6.92 Å². The molecule has 0 radical (unpaired) electrons. The van der Waals surface area contributed by atoms with Gasteiger partial charge in [-0.25, -0.2) is 0 Å². The number of nitrogens with zero attached hydrogens (tertiary/aromatic N) is 4. The predicted molar refractivity (Wildman–Crippen MR) is 116 cm³/mol. The van der Waals surface area contributed by atoms with Crippen LogP contribution < -0.4 is 15.4 Å². The number of thioether (sulfide) groups is 1. The molecule has 0 aliphatic rings. The van der Waals surface area contributed by atoms with E-state index in [9.17, 15) is 9.59 Å². The van der Waals surface area contributed by atoms with Gasteiger partial charge in [-0.2, -0.15) is 5.10 Å². The zero-order valence-corrected chi connectivity index (χ0v) is 18.0. The zero-order chi connectivity index (χ0) is 21.2. The molecule has 3 aromatic rings. The lowest BCUT2D eigenvalue weighted by atomic mass is 10.3. The van der Waals surface area contributed by atoms with Gasteiger partial charge in [0.25, 0.3) is 0 Å². The summed E-state index contributed by atoms with van der Waals surface area (Å²) in [7, 11) is 0. The van der Waals surface area contributed by atoms with E-state index in [4.69, 9.17) is 4.74 Å². The van der Waals surface area contributed by atoms with E-state index in [0.717, 1.165) is 15.1 Å². The van der Waals surface area contributed by atoms with Gasteiger partial charge in [0, 0.05) is 18.5 Å². The third-order valence-electron chi connectivity index (χ3n) is 3.72. The minimum Gasteiger partial charge on any atom is -0.493 e. The van der Waals surface area contributed by atoms with Crippen molar-refractivity contribution in [2.45, 2.75) is 24.2 Å². The first-order valence-electron chi connectivity index (χ1n) is 9.28. The molecule has 158 valence electrons. The van der Waals surface area contributed by atoms with Gasteiger partial charge in [0.2, 0.25) is 11.8 Å². The van der Waals surface area contributed by atoms with Crippen LogP contribution in [-0.4, -0.2) is 50.7 Å². The summed E-state index contributed by atoms with van der Waals surface area (Å²) in [6.07, 6.45) is 3.34. The van der Waals surface area contributed by atoms with Crippen LogP contribution in [-0.2, 0) is 16.1 Å². The lowest BCUT2D eigenvalue weighted by Gasteiger charge is -2.06. The molecule has 2 amide bonds. The van der Waals surface area contributed by atoms with E-state index in [0.29, 0.717) is 18.0 Å². The molecule has 0 aliphatic heterocycles. The third-order valence-corrected chi connectivity index (χ3v) is 5.69. The molecule has 2 heterocycles. The van der Waals surface area contributed by atoms with E-state index in [1.807, 2.05) is 37.3 Å². The van der Waals surface area contributed by atoms with Crippen molar-refractivity contribution in [2.24, 2.45) is 0 Å². The first kappa shape index (κ1) is 21.8. The smallest absolute Gasteiger partial charge is 0.241 e. The van der Waals surface area contributed by atoms with Gasteiger partial charge in [-0.15, -0.1) is 10.2 Å². The van der Waals surface area contributed by atoms with Crippen LogP contribution in [0.15, 0.2) is 47.1 Å². The molecule has 1 aromatic carbocycles. The lowest BCUT2D eigenvalue weighted by Crippen LogP contribution is -2.29. The number of aromatic nitrogens is 4. The first-order valence-corrected chi connectivity index (χ1v) is 11.1. The van der Waals surface area contributed by atoms with Crippen molar-refractivity contribution in [3.05, 3.63) is 47.7 Å². The summed E-state index contributed by atoms with van der Waals surface area (Å²) < 4.78 is 7.88. The summed E-state index contributed by atoms with van der Waals surface area (Å²) in [6, 6.07) is 9.32. The molecule has 0 bridgehead atoms. The molecule has 2 aromatic heterocycles. The Kier molecular flexibility index (Phi) is 8.21. The predicted octanol–water partition coefficient (Wildman–Crippen LogP) is 2.36. The molecule has 30 heavy (non-hydrogen) atoms. The van der Waals surface area contributed by atoms with Crippen LogP contribution in [0.4, 0.5) is 5.69 Å². The molecule has 11 heteroatoms. The lowest BCUT2D eigenvalue weighted by molar-refractivity contribution is -0.121. The standard InChI is InChI=1S/C19H22N6O3S2/c1-14-23-24-19(30-14)29-10-8-20-18(27)13-25-12-15(11-21-25)22-17(26)7-9-28-16-5-3-2-4-6-16/h2-6,11-12H,7-10,13H2,1H3,(H,20,27)(H,22,26). The van der Waals surface area contributed by atoms with E-state index in [2.05, 4.69) is 25.9 Å². The molecule has 0 fully saturated rings. The molecule has 0 saturated carbocycles. The van der Waals surface area contributed by atoms with Crippen molar-refractivity contribution >= 4 is 40.6 Å². The molecule has 2 N–H and O–H groups in total. The van der Waals surface area contributed by atoms with Crippen LogP contribution in [0.25, 0.3) is 0 Å². The summed E-state index contributed by atoms with van der Waals surface area (Å²) in [6.45, 7) is 2.79. The second-order valence-electron chi connectivity index (χ2n) is 6.17. The molecule has 9 nitrogen and oxygen atoms in total. The van der Waals surface area contributed by atoms with E-state index < -0.39 is 0 Å². The van der Waals surface area contributed by atoms with Crippen molar-refractivity contribution in [2.75, 3.05) is 24.2 Å². The van der Waals surface area contributed by atoms with Crippen LogP contribution in [0.3, 0.4) is 0 Å². The Balaban J connectivity index is 1.31. The van der Waals surface area contributed by atoms with Crippen molar-refractivity contribution in [1.82, 2.24) is 25.3 Å². The Labute approximate surface area is 182 Å². The number of rotatable bonds is 11. The number of benzene rings is 1. The highest BCUT2D eigenvalue weighted by atomic mass is 32.2. The molecule has 3 rings (SSSR count). The number of carbonyl (C=O) groups is 2. The Morgan fingerprint density at radius 1 is 1.20 bits per heavy atom. The highest BCUT2D eigenvalue weighted by Gasteiger charge is 2.08. The summed E-state index contributed by atoms with van der Waals surface area (Å²) in [5.41, 5.74) is 0.537. The SMILES string of the molecule is Cc1nnc(SCCNC(=O)Cn2cc(NC(=O)CCOc3ccccc3)cn2)s1. The number of nitrogens with one attached hydrogen (secondary N) is 2. The molecular weight excluding hydrogens is 424 g/mol. The maximum absolute atomic E-state index is 12.0. The Morgan fingerprint density at radius 3 is 2.80 bits per heavy atom. The number of para-hydroxylation sites is 1. The minimum atomic E-state index is -0.182. The Hall–Kier alpha value is -2.92. The highest BCUT2D eigenvalue weighted by Crippen LogP contribution is 2.20. The summed E-state index contributed by atoms with van der Waals surface area (Å²) in [5.74, 6) is 1.10. The average molecular weight is 447 g/mol. The summed E-state index contributed by atoms with van der Waals surface area (Å²) >= 11 is 3.09. The second kappa shape index (κ2) is 11.3. The molecule has 0 unspecified atom stereocenters. The van der Waals surface area contributed by atoms with Gasteiger partial charge in [0.05, 0.1) is 24.9 Å². The highest BCUT2D eigenvalue weighted by molar-refractivity contribution is 8.01. The van der Waals surface area contributed by atoms with Gasteiger partial charge in [-0.05, 0) is 19.1 Å². The van der Waals surface area contributed by atoms with Gasteiger partial charge in [0.1, 0.15) is 17.3 Å². The van der Waals surface area contributed by atoms with Crippen LogP contribution in [0.5, 0.6) is 5.75 Å². The van der Waals surface area contributed by atoms with Crippen molar-refractivity contribution in [3.63, 3.8) is 0 Å². The minimum absolute atomic E-state index is 0.0789. The van der Waals surface area contributed by atoms with Crippen LogP contribution >= 0.6 is 23.1 Å². The topological polar surface area (TPSA) is 111 Å². The molecular formula is C19H22N6O3S2. The number of aryl methyl sites for hydroxylation is 1. The normalized spacial score (nSPS) is 10.6. The number of ether oxygens (including phenoxy) is 1. The summed E-state index contributed by atoms with van der Waals surface area (Å²) in [5, 5.41) is 18.6. The van der Waals surface area contributed by atoms with Gasteiger partial charge in [0.15, 0.2) is 4.34 Å². The Morgan fingerprint density at radius 2 is 2.03 bits per heavy atom. The van der Waals surface area contributed by atoms with E-state index >= 15 is 0 Å². The largest absolute Gasteiger partial charge is 0.493 e. The number of hydrogen-bond donors (Lipinski definition) is 2. The average Bonchev–Trinajstić information content (AvgIpc) is 3.34. The van der Waals surface area contributed by atoms with Crippen molar-refractivity contribution in [1.29, 1.82) is 0 Å². The van der Waals surface area contributed by atoms with Crippen LogP contribution in [0.2, 0.25) is 0 Å². The monoisotopic (exact) mass is 446 g/mol. The van der Waals surface area contributed by atoms with E-state index in [1.165, 1.54) is 22.2 Å². The number of amides is 2. The number of carbonyl (C=O) groups excluding carboxylic acids is 2. The molecule has 0 saturated heterocycles. The van der Waals surface area contributed by atoms with E-state index in [-0.39, 0.29) is 31.4 Å². The van der Waals surface area contributed by atoms with Gasteiger partial charge in [-0.1, -0.05) is 41.3 Å². The molecule has 0 aliphatic carbocycles. The molecule has 0 spiro atoms. The van der Waals surface area contributed by atoms with E-state index in [1.54, 1.807) is 18.0 Å². The van der Waals surface area contributed by atoms with Gasteiger partial charge < -0.3 is 15.4 Å². The van der Waals surface area contributed by atoms with Crippen molar-refractivity contribution in [3.8, 4) is 5.75 Å². The van der Waals surface area contributed by atoms with Gasteiger partial charge in [-0.3, -0.25) is 14.3 Å². The fourth-order valence-corrected chi connectivity index (χ4v) is 4.13. The first-order chi connectivity index (χ1) is 14.6. The summed E-state index contributed by atoms with van der Waals surface area (Å²) in [4.78, 5) is 24.0. The maximum Gasteiger partial charge on any atom is 0.241 e. The fraction of sp³-hybridized carbons (Fsp3) is 0.316. The Bertz CT molecular complexity index is 960. The molecule has 0 atom stereocenters. The number of hydrogen-bond acceptors (Lipinski definition) is 8. The second-order valence-corrected chi connectivity index (χ2v) is 8.70. The number of anilines is 1. The maximum atomic E-state index is 12.0. The quantitative estimate of drug-likeness (QED) is 0.344. The fourth-order valence-electron chi connectivity index (χ4n) is 2.38.